The van der Waals surface area contributed by atoms with Gasteiger partial charge in [0.15, 0.2) is 6.29 Å². The summed E-state index contributed by atoms with van der Waals surface area (Å²) in [4.78, 5) is 16.2. The van der Waals surface area contributed by atoms with E-state index >= 15 is 0 Å². The largest absolute Gasteiger partial charge is 0.392 e. The Bertz CT molecular complexity index is 2140. The van der Waals surface area contributed by atoms with Gasteiger partial charge in [-0.3, -0.25) is 4.79 Å². The van der Waals surface area contributed by atoms with Crippen LogP contribution in [-0.4, -0.2) is 56.1 Å². The maximum Gasteiger partial charge on any atom is 0.241 e. The first-order valence-electron chi connectivity index (χ1n) is 19.6. The molecule has 9 nitrogen and oxygen atoms in total. The number of benzene rings is 5. The zero-order chi connectivity index (χ0) is 38.9. The lowest BCUT2D eigenvalue weighted by molar-refractivity contribution is -0.253. The summed E-state index contributed by atoms with van der Waals surface area (Å²) in [6.07, 6.45) is 4.05. The van der Waals surface area contributed by atoms with Crippen molar-refractivity contribution in [2.24, 2.45) is 0 Å². The highest BCUT2D eigenvalue weighted by atomic mass is 32.2. The van der Waals surface area contributed by atoms with E-state index in [2.05, 4.69) is 39.2 Å². The van der Waals surface area contributed by atoms with Crippen molar-refractivity contribution in [3.63, 3.8) is 0 Å². The van der Waals surface area contributed by atoms with Crippen molar-refractivity contribution in [1.82, 2.24) is 14.9 Å². The quantitative estimate of drug-likeness (QED) is 0.108. The van der Waals surface area contributed by atoms with Crippen LogP contribution in [0.2, 0.25) is 0 Å². The van der Waals surface area contributed by atoms with Crippen LogP contribution in [0, 0.1) is 6.92 Å². The number of nitrogens with one attached hydrogen (secondary N) is 2. The number of hydrogen-bond acceptors (Lipinski definition) is 7. The van der Waals surface area contributed by atoms with Gasteiger partial charge in [0.05, 0.1) is 23.7 Å². The van der Waals surface area contributed by atoms with Gasteiger partial charge in [0.1, 0.15) is 6.04 Å². The number of nitrogens with zero attached hydrogens (tertiary/aromatic N) is 1. The molecule has 0 bridgehead atoms. The molecule has 2 aliphatic heterocycles. The van der Waals surface area contributed by atoms with Gasteiger partial charge in [-0.25, -0.2) is 8.42 Å². The molecule has 5 aromatic carbocycles. The maximum atomic E-state index is 13.6. The highest BCUT2D eigenvalue weighted by molar-refractivity contribution is 7.89. The number of ether oxygens (including phenoxy) is 2. The Balaban J connectivity index is 1.03. The van der Waals surface area contributed by atoms with Crippen molar-refractivity contribution in [2.75, 3.05) is 19.6 Å². The number of rotatable bonds is 14. The van der Waals surface area contributed by atoms with Gasteiger partial charge < -0.3 is 24.8 Å². The minimum atomic E-state index is -3.95. The average Bonchev–Trinajstić information content (AvgIpc) is 3.23. The summed E-state index contributed by atoms with van der Waals surface area (Å²) in [6.45, 7) is 5.19. The van der Waals surface area contributed by atoms with E-state index in [0.29, 0.717) is 0 Å². The standard InChI is InChI=1S/C46H51N3O6S/c1-33-13-23-42(24-14-33)56(52,53)48-43(28-34-9-4-2-5-10-34)45(51)47-30-36-11-8-12-40(27-36)37-19-21-39(22-20-37)46-54-41(31-49-25-6-3-7-26-49)29-44(55-46)38-17-15-35(32-50)16-18-38/h2,4-5,8-24,27,41,43-44,46,48,50H,3,6-7,25-26,28-32H2,1H3,(H,47,51)/t41-,43+,44+,46+/m0/s1. The molecule has 0 aromatic heterocycles. The zero-order valence-electron chi connectivity index (χ0n) is 31.8. The third-order valence-electron chi connectivity index (χ3n) is 10.7. The predicted octanol–water partition coefficient (Wildman–Crippen LogP) is 7.39. The minimum absolute atomic E-state index is 0.00707. The van der Waals surface area contributed by atoms with Gasteiger partial charge in [0.25, 0.3) is 0 Å². The highest BCUT2D eigenvalue weighted by Crippen LogP contribution is 2.39. The van der Waals surface area contributed by atoms with Gasteiger partial charge in [-0.05, 0) is 90.9 Å². The summed E-state index contributed by atoms with van der Waals surface area (Å²) in [7, 11) is -3.95. The molecule has 56 heavy (non-hydrogen) atoms. The van der Waals surface area contributed by atoms with Crippen molar-refractivity contribution in [3.8, 4) is 11.1 Å². The molecule has 0 unspecified atom stereocenters. The second-order valence-electron chi connectivity index (χ2n) is 14.9. The Morgan fingerprint density at radius 3 is 2.18 bits per heavy atom. The minimum Gasteiger partial charge on any atom is -0.392 e. The summed E-state index contributed by atoms with van der Waals surface area (Å²) in [6, 6.07) is 39.1. The summed E-state index contributed by atoms with van der Waals surface area (Å²) >= 11 is 0. The molecular weight excluding hydrogens is 723 g/mol. The van der Waals surface area contributed by atoms with Crippen LogP contribution in [0.1, 0.15) is 71.5 Å². The number of aryl methyl sites for hydroxylation is 1. The van der Waals surface area contributed by atoms with Gasteiger partial charge in [0, 0.05) is 25.1 Å². The summed E-state index contributed by atoms with van der Waals surface area (Å²) in [5, 5.41) is 12.5. The molecule has 1 amide bonds. The Labute approximate surface area is 330 Å². The summed E-state index contributed by atoms with van der Waals surface area (Å²) in [5.41, 5.74) is 7.56. The first-order valence-corrected chi connectivity index (χ1v) is 21.0. The molecule has 0 spiro atoms. The number of aliphatic hydroxyl groups is 1. The maximum absolute atomic E-state index is 13.6. The smallest absolute Gasteiger partial charge is 0.241 e. The van der Waals surface area contributed by atoms with Gasteiger partial charge in [-0.15, -0.1) is 0 Å². The Morgan fingerprint density at radius 2 is 1.46 bits per heavy atom. The highest BCUT2D eigenvalue weighted by Gasteiger charge is 2.33. The number of aliphatic hydroxyl groups excluding tert-OH is 1. The molecule has 7 rings (SSSR count). The molecule has 4 atom stereocenters. The molecule has 0 aliphatic carbocycles. The molecule has 2 saturated heterocycles. The topological polar surface area (TPSA) is 117 Å². The summed E-state index contributed by atoms with van der Waals surface area (Å²) < 4.78 is 42.5. The Kier molecular flexibility index (Phi) is 13.1. The van der Waals surface area contributed by atoms with Gasteiger partial charge >= 0.3 is 0 Å². The van der Waals surface area contributed by atoms with Crippen LogP contribution in [0.5, 0.6) is 0 Å². The fraction of sp³-hybridized carbons (Fsp3) is 0.326. The molecule has 0 saturated carbocycles. The second kappa shape index (κ2) is 18.5. The SMILES string of the molecule is Cc1ccc(S(=O)(=O)N[C@H](Cc2ccccc2)C(=O)NCc2cccc(-c3ccc([C@@H]4O[C@H](CN5CCCCC5)C[C@H](c5ccc(CO)cc5)O4)cc3)c2)cc1. The fourth-order valence-corrected chi connectivity index (χ4v) is 8.67. The second-order valence-corrected chi connectivity index (χ2v) is 16.6. The van der Waals surface area contributed by atoms with E-state index in [1.54, 1.807) is 24.3 Å². The number of amides is 1. The van der Waals surface area contributed by atoms with Gasteiger partial charge in [-0.2, -0.15) is 4.72 Å². The van der Waals surface area contributed by atoms with Gasteiger partial charge in [-0.1, -0.05) is 121 Å². The Morgan fingerprint density at radius 1 is 0.768 bits per heavy atom. The van der Waals surface area contributed by atoms with Crippen molar-refractivity contribution < 1.29 is 27.8 Å². The van der Waals surface area contributed by atoms with Crippen LogP contribution >= 0.6 is 0 Å². The number of piperidine rings is 1. The first-order chi connectivity index (χ1) is 27.2. The van der Waals surface area contributed by atoms with Crippen LogP contribution < -0.4 is 10.0 Å². The molecule has 3 N–H and O–H groups in total. The number of carbonyl (C=O) groups excluding carboxylic acids is 1. The lowest BCUT2D eigenvalue weighted by Gasteiger charge is -2.39. The average molecular weight is 774 g/mol. The van der Waals surface area contributed by atoms with Crippen molar-refractivity contribution >= 4 is 15.9 Å². The van der Waals surface area contributed by atoms with Crippen molar-refractivity contribution in [1.29, 1.82) is 0 Å². The normalized spacial score (nSPS) is 19.6. The van der Waals surface area contributed by atoms with Gasteiger partial charge in [0.2, 0.25) is 15.9 Å². The lowest BCUT2D eigenvalue weighted by atomic mass is 9.98. The first kappa shape index (κ1) is 39.6. The zero-order valence-corrected chi connectivity index (χ0v) is 32.7. The van der Waals surface area contributed by atoms with Crippen LogP contribution in [0.3, 0.4) is 0 Å². The van der Waals surface area contributed by atoms with E-state index in [4.69, 9.17) is 9.47 Å². The summed E-state index contributed by atoms with van der Waals surface area (Å²) in [5.74, 6) is -0.409. The van der Waals surface area contributed by atoms with Crippen LogP contribution in [0.25, 0.3) is 11.1 Å². The number of carbonyl (C=O) groups is 1. The molecule has 2 heterocycles. The number of hydrogen-bond donors (Lipinski definition) is 3. The van der Waals surface area contributed by atoms with E-state index in [1.807, 2.05) is 85.8 Å². The monoisotopic (exact) mass is 773 g/mol. The Hall–Kier alpha value is -4.68. The molecular formula is C46H51N3O6S. The fourth-order valence-electron chi connectivity index (χ4n) is 7.48. The van der Waals surface area contributed by atoms with E-state index < -0.39 is 28.3 Å². The van der Waals surface area contributed by atoms with Crippen LogP contribution in [0.15, 0.2) is 132 Å². The molecule has 292 valence electrons. The number of likely N-dealkylation sites (tertiary alicyclic amines) is 1. The third kappa shape index (κ3) is 10.4. The molecule has 5 aromatic rings. The van der Waals surface area contributed by atoms with Crippen LogP contribution in [-0.2, 0) is 43.9 Å². The molecule has 2 aliphatic rings. The van der Waals surface area contributed by atoms with Crippen LogP contribution in [0.4, 0.5) is 0 Å². The lowest BCUT2D eigenvalue weighted by Crippen LogP contribution is -2.47. The van der Waals surface area contributed by atoms with E-state index in [0.717, 1.165) is 70.6 Å². The van der Waals surface area contributed by atoms with Crippen molar-refractivity contribution in [3.05, 3.63) is 161 Å². The third-order valence-corrected chi connectivity index (χ3v) is 12.2. The number of sulfonamides is 1. The van der Waals surface area contributed by atoms with E-state index in [1.165, 1.54) is 19.3 Å². The molecule has 10 heteroatoms. The van der Waals surface area contributed by atoms with E-state index in [9.17, 15) is 18.3 Å². The predicted molar refractivity (Wildman–Crippen MR) is 218 cm³/mol. The van der Waals surface area contributed by atoms with Crippen molar-refractivity contribution in [2.45, 2.75) is 81.6 Å². The molecule has 2 fully saturated rings. The van der Waals surface area contributed by atoms with E-state index in [-0.39, 0.29) is 36.7 Å². The molecule has 0 radical (unpaired) electrons.